The average Bonchev–Trinajstić information content (AvgIpc) is 2.94. The number of aliphatic imine (C=N–C) groups is 1. The maximum absolute atomic E-state index is 12.9. The van der Waals surface area contributed by atoms with Gasteiger partial charge in [-0.15, -0.1) is 0 Å². The van der Waals surface area contributed by atoms with E-state index in [1.54, 1.807) is 18.9 Å². The molecule has 0 aliphatic carbocycles. The van der Waals surface area contributed by atoms with E-state index >= 15 is 0 Å². The molecule has 1 amide bonds. The molecule has 0 atom stereocenters. The summed E-state index contributed by atoms with van der Waals surface area (Å²) in [4.78, 5) is 17.8. The third kappa shape index (κ3) is 3.61. The molecule has 2 aromatic rings. The number of hydrogen-bond donors (Lipinski definition) is 1. The second-order valence-corrected chi connectivity index (χ2v) is 7.83. The van der Waals surface area contributed by atoms with Crippen LogP contribution in [0, 0.1) is 0 Å². The summed E-state index contributed by atoms with van der Waals surface area (Å²) in [6.07, 6.45) is 0.883. The highest BCUT2D eigenvalue weighted by atomic mass is 16.5. The number of aryl methyl sites for hydroxylation is 1. The number of ether oxygens (including phenoxy) is 2. The van der Waals surface area contributed by atoms with Crippen molar-refractivity contribution >= 4 is 17.3 Å². The van der Waals surface area contributed by atoms with Gasteiger partial charge in [0.1, 0.15) is 17.2 Å². The van der Waals surface area contributed by atoms with Crippen LogP contribution in [0.2, 0.25) is 0 Å². The summed E-state index contributed by atoms with van der Waals surface area (Å²) in [5.74, 6) is 1.19. The third-order valence-corrected chi connectivity index (χ3v) is 4.67. The zero-order valence-electron chi connectivity index (χ0n) is 17.4. The molecule has 0 saturated heterocycles. The molecule has 0 unspecified atom stereocenters. The molecule has 1 N–H and O–H groups in total. The largest absolute Gasteiger partial charge is 0.497 e. The van der Waals surface area contributed by atoms with Crippen LogP contribution < -0.4 is 14.8 Å². The number of carbonyl (C=O) groups is 1. The number of fused-ring (bicyclic) bond motifs is 1. The first kappa shape index (κ1) is 19.9. The molecule has 0 saturated carbocycles. The Morgan fingerprint density at radius 2 is 1.96 bits per heavy atom. The Bertz CT molecular complexity index is 922. The first-order valence-electron chi connectivity index (χ1n) is 9.49. The molecular formula is C21H28N4O3. The molecule has 0 radical (unpaired) electrons. The number of carbonyl (C=O) groups excluding carboxylic acids is 1. The van der Waals surface area contributed by atoms with E-state index < -0.39 is 0 Å². The molecule has 7 heteroatoms. The van der Waals surface area contributed by atoms with Gasteiger partial charge >= 0.3 is 0 Å². The first-order valence-corrected chi connectivity index (χ1v) is 9.49. The van der Waals surface area contributed by atoms with E-state index in [1.807, 2.05) is 18.2 Å². The summed E-state index contributed by atoms with van der Waals surface area (Å²) in [5, 5.41) is 7.72. The third-order valence-electron chi connectivity index (χ3n) is 4.67. The summed E-state index contributed by atoms with van der Waals surface area (Å²) in [5.41, 5.74) is 3.29. The van der Waals surface area contributed by atoms with Crippen molar-refractivity contribution in [1.82, 2.24) is 15.1 Å². The van der Waals surface area contributed by atoms with Crippen molar-refractivity contribution in [3.63, 3.8) is 0 Å². The van der Waals surface area contributed by atoms with Crippen molar-refractivity contribution in [3.8, 4) is 11.5 Å². The van der Waals surface area contributed by atoms with Gasteiger partial charge in [0.25, 0.3) is 5.91 Å². The second kappa shape index (κ2) is 7.66. The number of amides is 1. The van der Waals surface area contributed by atoms with E-state index in [9.17, 15) is 4.79 Å². The quantitative estimate of drug-likeness (QED) is 0.856. The molecule has 3 rings (SSSR count). The lowest BCUT2D eigenvalue weighted by molar-refractivity contribution is 0.0950. The zero-order chi connectivity index (χ0) is 20.5. The van der Waals surface area contributed by atoms with Crippen molar-refractivity contribution in [2.45, 2.75) is 46.1 Å². The van der Waals surface area contributed by atoms with E-state index in [-0.39, 0.29) is 11.3 Å². The van der Waals surface area contributed by atoms with Gasteiger partial charge in [0.2, 0.25) is 0 Å². The Balaban J connectivity index is 2.22. The molecule has 0 spiro atoms. The number of nitrogens with one attached hydrogen (secondary N) is 1. The average molecular weight is 384 g/mol. The maximum atomic E-state index is 12.9. The minimum atomic E-state index is -0.244. The van der Waals surface area contributed by atoms with Crippen LogP contribution in [0.1, 0.15) is 55.9 Å². The molecule has 7 nitrogen and oxygen atoms in total. The van der Waals surface area contributed by atoms with Gasteiger partial charge in [0.15, 0.2) is 5.69 Å². The van der Waals surface area contributed by atoms with Gasteiger partial charge in [0.05, 0.1) is 32.2 Å². The van der Waals surface area contributed by atoms with Gasteiger partial charge in [-0.25, -0.2) is 4.99 Å². The van der Waals surface area contributed by atoms with Crippen LogP contribution in [-0.4, -0.2) is 42.2 Å². The minimum absolute atomic E-state index is 0.155. The predicted molar refractivity (Wildman–Crippen MR) is 109 cm³/mol. The van der Waals surface area contributed by atoms with Gasteiger partial charge in [-0.2, -0.15) is 5.10 Å². The minimum Gasteiger partial charge on any atom is -0.497 e. The number of hydrogen-bond acceptors (Lipinski definition) is 5. The van der Waals surface area contributed by atoms with Gasteiger partial charge in [-0.05, 0) is 18.6 Å². The second-order valence-electron chi connectivity index (χ2n) is 7.83. The van der Waals surface area contributed by atoms with E-state index in [2.05, 4.69) is 33.0 Å². The Morgan fingerprint density at radius 3 is 2.57 bits per heavy atom. The molecule has 150 valence electrons. The summed E-state index contributed by atoms with van der Waals surface area (Å²) < 4.78 is 12.6. The lowest BCUT2D eigenvalue weighted by Gasteiger charge is -2.16. The number of nitrogens with zero attached hydrogens (tertiary/aromatic N) is 3. The zero-order valence-corrected chi connectivity index (χ0v) is 17.4. The van der Waals surface area contributed by atoms with E-state index in [4.69, 9.17) is 19.6 Å². The van der Waals surface area contributed by atoms with Crippen molar-refractivity contribution in [2.75, 3.05) is 20.8 Å². The smallest absolute Gasteiger partial charge is 0.272 e. The molecule has 28 heavy (non-hydrogen) atoms. The van der Waals surface area contributed by atoms with Crippen LogP contribution >= 0.6 is 0 Å². The Morgan fingerprint density at radius 1 is 1.21 bits per heavy atom. The maximum Gasteiger partial charge on any atom is 0.272 e. The van der Waals surface area contributed by atoms with Crippen LogP contribution in [0.4, 0.5) is 5.69 Å². The summed E-state index contributed by atoms with van der Waals surface area (Å²) >= 11 is 0. The fourth-order valence-electron chi connectivity index (χ4n) is 3.28. The van der Waals surface area contributed by atoms with Crippen molar-refractivity contribution in [1.29, 1.82) is 0 Å². The van der Waals surface area contributed by atoms with Crippen LogP contribution in [0.5, 0.6) is 11.5 Å². The molecule has 1 aliphatic heterocycles. The molecule has 0 fully saturated rings. The van der Waals surface area contributed by atoms with Gasteiger partial charge in [-0.1, -0.05) is 27.7 Å². The van der Waals surface area contributed by atoms with Gasteiger partial charge in [-0.3, -0.25) is 9.48 Å². The van der Waals surface area contributed by atoms with Gasteiger partial charge in [0, 0.05) is 23.6 Å². The van der Waals surface area contributed by atoms with E-state index in [0.717, 1.165) is 23.4 Å². The topological polar surface area (TPSA) is 77.7 Å². The summed E-state index contributed by atoms with van der Waals surface area (Å²) in [6, 6.07) is 5.58. The fourth-order valence-corrected chi connectivity index (χ4v) is 3.28. The highest BCUT2D eigenvalue weighted by Crippen LogP contribution is 2.36. The van der Waals surface area contributed by atoms with Crippen LogP contribution in [-0.2, 0) is 12.0 Å². The standard InChI is InChI=1S/C21H28N4O3/c1-7-10-25-18-17(19(24-25)21(2,3)4)23-15(12-22-20(18)26)14-9-8-13(27-5)11-16(14)28-6/h8-9,11H,7,10,12H2,1-6H3,(H,22,26). The highest BCUT2D eigenvalue weighted by Gasteiger charge is 2.32. The Kier molecular flexibility index (Phi) is 5.45. The molecule has 1 aromatic heterocycles. The van der Waals surface area contributed by atoms with Crippen molar-refractivity contribution in [3.05, 3.63) is 35.2 Å². The summed E-state index contributed by atoms with van der Waals surface area (Å²) in [6.45, 7) is 9.29. The lowest BCUT2D eigenvalue weighted by Crippen LogP contribution is -2.30. The van der Waals surface area contributed by atoms with Crippen molar-refractivity contribution in [2.24, 2.45) is 4.99 Å². The molecule has 2 heterocycles. The SMILES string of the molecule is CCCn1nc(C(C)(C)C)c2c1C(=O)NCC(c1ccc(OC)cc1OC)=N2. The number of aromatic nitrogens is 2. The highest BCUT2D eigenvalue weighted by molar-refractivity contribution is 6.11. The normalized spacial score (nSPS) is 14.1. The van der Waals surface area contributed by atoms with Crippen LogP contribution in [0.3, 0.4) is 0 Å². The van der Waals surface area contributed by atoms with Crippen molar-refractivity contribution < 1.29 is 14.3 Å². The van der Waals surface area contributed by atoms with E-state index in [1.165, 1.54) is 0 Å². The molecule has 1 aliphatic rings. The molecule has 1 aromatic carbocycles. The molecular weight excluding hydrogens is 356 g/mol. The fraction of sp³-hybridized carbons (Fsp3) is 0.476. The Hall–Kier alpha value is -2.83. The van der Waals surface area contributed by atoms with Crippen LogP contribution in [0.15, 0.2) is 23.2 Å². The Labute approximate surface area is 165 Å². The number of benzene rings is 1. The van der Waals surface area contributed by atoms with E-state index in [0.29, 0.717) is 36.0 Å². The first-order chi connectivity index (χ1) is 13.3. The summed E-state index contributed by atoms with van der Waals surface area (Å²) in [7, 11) is 3.22. The van der Waals surface area contributed by atoms with Gasteiger partial charge < -0.3 is 14.8 Å². The molecule has 0 bridgehead atoms. The lowest BCUT2D eigenvalue weighted by atomic mass is 9.91. The predicted octanol–water partition coefficient (Wildman–Crippen LogP) is 3.47. The monoisotopic (exact) mass is 384 g/mol. The number of rotatable bonds is 5. The number of methoxy groups -OCH3 is 2. The van der Waals surface area contributed by atoms with Crippen LogP contribution in [0.25, 0.3) is 0 Å².